The van der Waals surface area contributed by atoms with E-state index < -0.39 is 11.6 Å². The van der Waals surface area contributed by atoms with E-state index >= 15 is 0 Å². The minimum Gasteiger partial charge on any atom is -0.468 e. The minimum atomic E-state index is -3.06. The van der Waals surface area contributed by atoms with Gasteiger partial charge in [0.2, 0.25) is 0 Å². The SMILES string of the molecule is COc1nc(-c2ccc(Cl)cc2)c(-c2ccccc2)c2nn(Cc3ccc(C(C)(F)F)nc3)c(=O)n12. The highest BCUT2D eigenvalue weighted by molar-refractivity contribution is 6.30. The Morgan fingerprint density at radius 3 is 2.33 bits per heavy atom. The average Bonchev–Trinajstić information content (AvgIpc) is 3.19. The van der Waals surface area contributed by atoms with Crippen molar-refractivity contribution in [2.45, 2.75) is 19.4 Å². The molecule has 2 aromatic carbocycles. The van der Waals surface area contributed by atoms with Gasteiger partial charge in [-0.15, -0.1) is 5.10 Å². The molecule has 3 aromatic heterocycles. The Balaban J connectivity index is 1.72. The fraction of sp³-hybridized carbons (Fsp3) is 0.154. The van der Waals surface area contributed by atoms with Crippen LogP contribution in [0.4, 0.5) is 8.78 Å². The normalized spacial score (nSPS) is 11.7. The highest BCUT2D eigenvalue weighted by Gasteiger charge is 2.26. The summed E-state index contributed by atoms with van der Waals surface area (Å²) in [7, 11) is 1.42. The molecule has 3 heterocycles. The number of ether oxygens (including phenoxy) is 1. The molecule has 0 saturated carbocycles. The van der Waals surface area contributed by atoms with Crippen LogP contribution in [0.5, 0.6) is 6.01 Å². The number of fused-ring (bicyclic) bond motifs is 1. The Labute approximate surface area is 209 Å². The van der Waals surface area contributed by atoms with E-state index in [1.54, 1.807) is 12.1 Å². The van der Waals surface area contributed by atoms with Crippen LogP contribution in [0.25, 0.3) is 28.0 Å². The predicted octanol–water partition coefficient (Wildman–Crippen LogP) is 5.44. The fourth-order valence-electron chi connectivity index (χ4n) is 3.93. The van der Waals surface area contributed by atoms with Crippen molar-refractivity contribution < 1.29 is 13.5 Å². The average molecular weight is 508 g/mol. The summed E-state index contributed by atoms with van der Waals surface area (Å²) in [5.74, 6) is -3.06. The molecule has 36 heavy (non-hydrogen) atoms. The van der Waals surface area contributed by atoms with Gasteiger partial charge in [-0.3, -0.25) is 4.98 Å². The van der Waals surface area contributed by atoms with Gasteiger partial charge in [0, 0.05) is 23.7 Å². The van der Waals surface area contributed by atoms with Gasteiger partial charge in [-0.1, -0.05) is 60.1 Å². The first-order valence-corrected chi connectivity index (χ1v) is 11.4. The summed E-state index contributed by atoms with van der Waals surface area (Å²) in [5, 5.41) is 5.19. The summed E-state index contributed by atoms with van der Waals surface area (Å²) in [4.78, 5) is 21.9. The third kappa shape index (κ3) is 4.33. The number of nitrogens with zero attached hydrogens (tertiary/aromatic N) is 5. The summed E-state index contributed by atoms with van der Waals surface area (Å²) in [5.41, 5.74) is 2.81. The van der Waals surface area contributed by atoms with E-state index in [4.69, 9.17) is 16.3 Å². The Kier molecular flexibility index (Phi) is 6.01. The Bertz CT molecular complexity index is 1590. The molecule has 0 radical (unpaired) electrons. The zero-order valence-electron chi connectivity index (χ0n) is 19.3. The molecule has 0 aliphatic rings. The van der Waals surface area contributed by atoms with E-state index in [0.717, 1.165) is 18.1 Å². The van der Waals surface area contributed by atoms with Crippen molar-refractivity contribution in [3.05, 3.63) is 99.7 Å². The molecule has 0 saturated heterocycles. The maximum absolute atomic E-state index is 13.5. The molecule has 7 nitrogen and oxygen atoms in total. The lowest BCUT2D eigenvalue weighted by molar-refractivity contribution is 0.0127. The molecular weight excluding hydrogens is 488 g/mol. The topological polar surface area (TPSA) is 74.3 Å². The van der Waals surface area contributed by atoms with E-state index in [-0.39, 0.29) is 18.2 Å². The zero-order chi connectivity index (χ0) is 25.4. The molecule has 0 fully saturated rings. The first kappa shape index (κ1) is 23.6. The van der Waals surface area contributed by atoms with Crippen LogP contribution in [0.3, 0.4) is 0 Å². The third-order valence-corrected chi connectivity index (χ3v) is 5.92. The zero-order valence-corrected chi connectivity index (χ0v) is 20.1. The lowest BCUT2D eigenvalue weighted by Gasteiger charge is -2.13. The van der Waals surface area contributed by atoms with Crippen LogP contribution >= 0.6 is 11.6 Å². The molecule has 0 N–H and O–H groups in total. The van der Waals surface area contributed by atoms with Crippen LogP contribution in [-0.4, -0.2) is 31.3 Å². The highest BCUT2D eigenvalue weighted by atomic mass is 35.5. The monoisotopic (exact) mass is 507 g/mol. The number of pyridine rings is 1. The molecule has 0 atom stereocenters. The van der Waals surface area contributed by atoms with Gasteiger partial charge in [-0.2, -0.15) is 18.2 Å². The van der Waals surface area contributed by atoms with Gasteiger partial charge in [0.05, 0.1) is 24.9 Å². The number of halogens is 3. The van der Waals surface area contributed by atoms with Gasteiger partial charge in [0.1, 0.15) is 5.69 Å². The lowest BCUT2D eigenvalue weighted by atomic mass is 10.00. The van der Waals surface area contributed by atoms with Crippen molar-refractivity contribution in [1.29, 1.82) is 0 Å². The van der Waals surface area contributed by atoms with Gasteiger partial charge in [-0.05, 0) is 29.3 Å². The van der Waals surface area contributed by atoms with Gasteiger partial charge in [-0.25, -0.2) is 9.48 Å². The third-order valence-electron chi connectivity index (χ3n) is 5.67. The maximum Gasteiger partial charge on any atom is 0.354 e. The molecular formula is C26H20ClF2N5O2. The number of benzene rings is 2. The summed E-state index contributed by atoms with van der Waals surface area (Å²) >= 11 is 6.09. The minimum absolute atomic E-state index is 0.0245. The molecule has 0 unspecified atom stereocenters. The number of hydrogen-bond acceptors (Lipinski definition) is 5. The van der Waals surface area contributed by atoms with Crippen molar-refractivity contribution in [3.8, 4) is 28.4 Å². The van der Waals surface area contributed by atoms with Crippen molar-refractivity contribution in [1.82, 2.24) is 24.1 Å². The summed E-state index contributed by atoms with van der Waals surface area (Å²) in [6.07, 6.45) is 1.32. The standard InChI is InChI=1S/C26H20ClF2N5O2/c1-26(28,29)20-13-8-16(14-30-20)15-33-25(35)34-23(32-33)21(17-6-4-3-5-7-17)22(31-24(34)36-2)18-9-11-19(27)12-10-18/h3-14H,15H2,1-2H3. The van der Waals surface area contributed by atoms with Crippen molar-refractivity contribution in [3.63, 3.8) is 0 Å². The van der Waals surface area contributed by atoms with Crippen LogP contribution in [0.15, 0.2) is 77.7 Å². The Hall–Kier alpha value is -4.11. The van der Waals surface area contributed by atoms with Crippen LogP contribution in [0.2, 0.25) is 5.02 Å². The van der Waals surface area contributed by atoms with E-state index in [1.807, 2.05) is 42.5 Å². The number of aromatic nitrogens is 5. The molecule has 0 aliphatic carbocycles. The number of rotatable bonds is 6. The fourth-order valence-corrected chi connectivity index (χ4v) is 4.05. The second kappa shape index (κ2) is 9.16. The van der Waals surface area contributed by atoms with Crippen LogP contribution in [-0.2, 0) is 12.5 Å². The van der Waals surface area contributed by atoms with Crippen molar-refractivity contribution in [2.24, 2.45) is 0 Å². The van der Waals surface area contributed by atoms with E-state index in [0.29, 0.717) is 27.5 Å². The van der Waals surface area contributed by atoms with Crippen LogP contribution in [0, 0.1) is 0 Å². The molecule has 5 rings (SSSR count). The van der Waals surface area contributed by atoms with Crippen LogP contribution < -0.4 is 10.4 Å². The van der Waals surface area contributed by atoms with Crippen molar-refractivity contribution >= 4 is 17.2 Å². The van der Waals surface area contributed by atoms with Crippen LogP contribution in [0.1, 0.15) is 18.2 Å². The largest absolute Gasteiger partial charge is 0.468 e. The lowest BCUT2D eigenvalue weighted by Crippen LogP contribution is -2.23. The molecule has 0 bridgehead atoms. The molecule has 182 valence electrons. The molecule has 5 aromatic rings. The Morgan fingerprint density at radius 1 is 1.00 bits per heavy atom. The first-order chi connectivity index (χ1) is 17.3. The van der Waals surface area contributed by atoms with Gasteiger partial charge < -0.3 is 4.74 Å². The Morgan fingerprint density at radius 2 is 1.72 bits per heavy atom. The van der Waals surface area contributed by atoms with Gasteiger partial charge in [0.15, 0.2) is 5.65 Å². The second-order valence-corrected chi connectivity index (χ2v) is 8.67. The number of hydrogen-bond donors (Lipinski definition) is 0. The molecule has 0 spiro atoms. The van der Waals surface area contributed by atoms with Crippen molar-refractivity contribution in [2.75, 3.05) is 7.11 Å². The first-order valence-electron chi connectivity index (χ1n) is 11.0. The maximum atomic E-state index is 13.5. The van der Waals surface area contributed by atoms with E-state index in [2.05, 4.69) is 15.1 Å². The number of alkyl halides is 2. The quantitative estimate of drug-likeness (QED) is 0.306. The highest BCUT2D eigenvalue weighted by Crippen LogP contribution is 2.35. The summed E-state index contributed by atoms with van der Waals surface area (Å²) < 4.78 is 35.1. The van der Waals surface area contributed by atoms with Gasteiger partial charge >= 0.3 is 11.7 Å². The second-order valence-electron chi connectivity index (χ2n) is 8.23. The molecule has 0 amide bonds. The predicted molar refractivity (Wildman–Crippen MR) is 133 cm³/mol. The van der Waals surface area contributed by atoms with E-state index in [9.17, 15) is 13.6 Å². The molecule has 0 aliphatic heterocycles. The van der Waals surface area contributed by atoms with E-state index in [1.165, 1.54) is 34.5 Å². The molecule has 10 heteroatoms. The number of methoxy groups -OCH3 is 1. The van der Waals surface area contributed by atoms with Gasteiger partial charge in [0.25, 0.3) is 5.92 Å². The summed E-state index contributed by atoms with van der Waals surface area (Å²) in [6.45, 7) is 0.807. The summed E-state index contributed by atoms with van der Waals surface area (Å²) in [6, 6.07) is 19.4. The smallest absolute Gasteiger partial charge is 0.354 e.